The molecule has 33 heavy (non-hydrogen) atoms. The maximum Gasteiger partial charge on any atom is 0.276 e. The molecule has 0 aliphatic rings. The van der Waals surface area contributed by atoms with E-state index < -0.39 is 6.10 Å². The van der Waals surface area contributed by atoms with Gasteiger partial charge in [0.15, 0.2) is 5.65 Å². The highest BCUT2D eigenvalue weighted by molar-refractivity contribution is 5.79. The van der Waals surface area contributed by atoms with E-state index in [1.54, 1.807) is 24.1 Å². The number of aliphatic hydroxyl groups is 1. The number of nitrogens with zero attached hydrogens (tertiary/aromatic N) is 3. The largest absolute Gasteiger partial charge is 0.387 e. The lowest BCUT2D eigenvalue weighted by Gasteiger charge is -2.26. The van der Waals surface area contributed by atoms with E-state index in [0.717, 1.165) is 17.5 Å². The molecule has 2 heterocycles. The van der Waals surface area contributed by atoms with Crippen LogP contribution in [0, 0.1) is 6.92 Å². The summed E-state index contributed by atoms with van der Waals surface area (Å²) >= 11 is 0. The molecule has 0 aliphatic heterocycles. The molecule has 0 saturated heterocycles. The van der Waals surface area contributed by atoms with Crippen molar-refractivity contribution in [1.29, 1.82) is 0 Å². The van der Waals surface area contributed by atoms with Crippen molar-refractivity contribution in [2.75, 3.05) is 6.54 Å². The van der Waals surface area contributed by atoms with E-state index in [0.29, 0.717) is 23.4 Å². The predicted octanol–water partition coefficient (Wildman–Crippen LogP) is 3.20. The van der Waals surface area contributed by atoms with Crippen molar-refractivity contribution in [3.63, 3.8) is 0 Å². The number of aliphatic hydroxyl groups excluding tert-OH is 1. The number of amides is 1. The van der Waals surface area contributed by atoms with Crippen LogP contribution >= 0.6 is 0 Å². The van der Waals surface area contributed by atoms with E-state index >= 15 is 0 Å². The SMILES string of the molecule is CCc1ccc(C(O)CN(Cc2ccccc2)C(=O)Cc2c(C)nc3cc[nH]n3c2=O)cc1. The van der Waals surface area contributed by atoms with Gasteiger partial charge in [0, 0.05) is 30.1 Å². The molecule has 1 unspecified atom stereocenters. The number of hydrogen-bond acceptors (Lipinski definition) is 4. The Bertz CT molecular complexity index is 1290. The van der Waals surface area contributed by atoms with Crippen molar-refractivity contribution in [3.8, 4) is 0 Å². The van der Waals surface area contributed by atoms with Crippen molar-refractivity contribution in [2.45, 2.75) is 39.3 Å². The Labute approximate surface area is 192 Å². The van der Waals surface area contributed by atoms with E-state index in [2.05, 4.69) is 17.0 Å². The van der Waals surface area contributed by atoms with Gasteiger partial charge >= 0.3 is 0 Å². The third-order valence-electron chi connectivity index (χ3n) is 5.91. The Kier molecular flexibility index (Phi) is 6.70. The lowest BCUT2D eigenvalue weighted by molar-refractivity contribution is -0.132. The van der Waals surface area contributed by atoms with Crippen LogP contribution in [0.5, 0.6) is 0 Å². The van der Waals surface area contributed by atoms with Crippen molar-refractivity contribution in [2.24, 2.45) is 0 Å². The van der Waals surface area contributed by atoms with Gasteiger partial charge in [-0.3, -0.25) is 14.7 Å². The zero-order valence-electron chi connectivity index (χ0n) is 18.9. The molecule has 0 fully saturated rings. The van der Waals surface area contributed by atoms with Crippen LogP contribution in [0.15, 0.2) is 71.7 Å². The minimum Gasteiger partial charge on any atom is -0.387 e. The van der Waals surface area contributed by atoms with Gasteiger partial charge in [-0.2, -0.15) is 0 Å². The van der Waals surface area contributed by atoms with Crippen LogP contribution in [0.25, 0.3) is 5.65 Å². The molecule has 4 rings (SSSR count). The fraction of sp³-hybridized carbons (Fsp3) is 0.269. The predicted molar refractivity (Wildman–Crippen MR) is 127 cm³/mol. The summed E-state index contributed by atoms with van der Waals surface area (Å²) in [5, 5.41) is 13.7. The summed E-state index contributed by atoms with van der Waals surface area (Å²) in [5.74, 6) is -0.239. The number of fused-ring (bicyclic) bond motifs is 1. The van der Waals surface area contributed by atoms with Crippen molar-refractivity contribution < 1.29 is 9.90 Å². The second kappa shape index (κ2) is 9.83. The van der Waals surface area contributed by atoms with Crippen molar-refractivity contribution in [1.82, 2.24) is 19.5 Å². The van der Waals surface area contributed by atoms with Gasteiger partial charge in [0.25, 0.3) is 5.56 Å². The molecule has 0 radical (unpaired) electrons. The number of carbonyl (C=O) groups excluding carboxylic acids is 1. The van der Waals surface area contributed by atoms with Crippen LogP contribution in [0.4, 0.5) is 0 Å². The summed E-state index contributed by atoms with van der Waals surface area (Å²) in [4.78, 5) is 32.3. The molecule has 1 amide bonds. The van der Waals surface area contributed by atoms with Crippen LogP contribution in [-0.4, -0.2) is 37.1 Å². The van der Waals surface area contributed by atoms with Gasteiger partial charge < -0.3 is 10.0 Å². The third kappa shape index (κ3) is 5.04. The van der Waals surface area contributed by atoms with Gasteiger partial charge in [0.2, 0.25) is 5.91 Å². The molecular formula is C26H28N4O3. The molecule has 7 heteroatoms. The molecule has 0 aliphatic carbocycles. The lowest BCUT2D eigenvalue weighted by Crippen LogP contribution is -2.37. The Morgan fingerprint density at radius 1 is 1.09 bits per heavy atom. The van der Waals surface area contributed by atoms with E-state index in [9.17, 15) is 14.7 Å². The number of hydrogen-bond donors (Lipinski definition) is 2. The normalized spacial score (nSPS) is 12.1. The molecular weight excluding hydrogens is 416 g/mol. The maximum atomic E-state index is 13.4. The van der Waals surface area contributed by atoms with Gasteiger partial charge in [0.05, 0.1) is 19.1 Å². The molecule has 170 valence electrons. The van der Waals surface area contributed by atoms with Crippen LogP contribution in [-0.2, 0) is 24.2 Å². The Balaban J connectivity index is 1.59. The van der Waals surface area contributed by atoms with Crippen LogP contribution < -0.4 is 5.56 Å². The van der Waals surface area contributed by atoms with Crippen LogP contribution in [0.2, 0.25) is 0 Å². The first-order valence-electron chi connectivity index (χ1n) is 11.1. The summed E-state index contributed by atoms with van der Waals surface area (Å²) in [7, 11) is 0. The number of aromatic nitrogens is 3. The maximum absolute atomic E-state index is 13.4. The molecule has 2 aromatic carbocycles. The molecule has 7 nitrogen and oxygen atoms in total. The van der Waals surface area contributed by atoms with Gasteiger partial charge in [-0.25, -0.2) is 9.50 Å². The highest BCUT2D eigenvalue weighted by atomic mass is 16.3. The Hall–Kier alpha value is -3.71. The second-order valence-electron chi connectivity index (χ2n) is 8.18. The molecule has 4 aromatic rings. The molecule has 0 bridgehead atoms. The first kappa shape index (κ1) is 22.5. The fourth-order valence-electron chi connectivity index (χ4n) is 3.92. The topological polar surface area (TPSA) is 90.7 Å². The number of carbonyl (C=O) groups is 1. The second-order valence-corrected chi connectivity index (χ2v) is 8.18. The van der Waals surface area contributed by atoms with E-state index in [1.807, 2.05) is 54.6 Å². The van der Waals surface area contributed by atoms with Gasteiger partial charge in [-0.1, -0.05) is 61.5 Å². The average Bonchev–Trinajstić information content (AvgIpc) is 3.30. The van der Waals surface area contributed by atoms with E-state index in [4.69, 9.17) is 0 Å². The van der Waals surface area contributed by atoms with Crippen molar-refractivity contribution >= 4 is 11.6 Å². The lowest BCUT2D eigenvalue weighted by atomic mass is 10.0. The molecule has 0 spiro atoms. The monoisotopic (exact) mass is 444 g/mol. The zero-order chi connectivity index (χ0) is 23.4. The highest BCUT2D eigenvalue weighted by Gasteiger charge is 2.22. The van der Waals surface area contributed by atoms with Crippen molar-refractivity contribution in [3.05, 3.63) is 105 Å². The number of aromatic amines is 1. The molecule has 1 atom stereocenters. The fourth-order valence-corrected chi connectivity index (χ4v) is 3.92. The summed E-state index contributed by atoms with van der Waals surface area (Å²) in [6, 6.07) is 19.1. The quantitative estimate of drug-likeness (QED) is 0.437. The molecule has 2 aromatic heterocycles. The smallest absolute Gasteiger partial charge is 0.276 e. The highest BCUT2D eigenvalue weighted by Crippen LogP contribution is 2.18. The standard InChI is InChI=1S/C26H28N4O3/c1-3-19-9-11-21(12-10-19)23(31)17-29(16-20-7-5-4-6-8-20)25(32)15-22-18(2)28-24-13-14-27-30(24)26(22)33/h4-14,23,27,31H,3,15-17H2,1-2H3. The number of benzene rings is 2. The van der Waals surface area contributed by atoms with Crippen LogP contribution in [0.3, 0.4) is 0 Å². The Morgan fingerprint density at radius 2 is 1.82 bits per heavy atom. The van der Waals surface area contributed by atoms with E-state index in [-0.39, 0.29) is 24.4 Å². The average molecular weight is 445 g/mol. The first-order valence-corrected chi connectivity index (χ1v) is 11.1. The third-order valence-corrected chi connectivity index (χ3v) is 5.91. The van der Waals surface area contributed by atoms with Gasteiger partial charge in [-0.15, -0.1) is 0 Å². The number of nitrogens with one attached hydrogen (secondary N) is 1. The molecule has 2 N–H and O–H groups in total. The number of H-pyrrole nitrogens is 1. The first-order chi connectivity index (χ1) is 16.0. The molecule has 0 saturated carbocycles. The summed E-state index contributed by atoms with van der Waals surface area (Å²) < 4.78 is 1.33. The van der Waals surface area contributed by atoms with Gasteiger partial charge in [0.1, 0.15) is 0 Å². The number of rotatable bonds is 8. The van der Waals surface area contributed by atoms with Gasteiger partial charge in [-0.05, 0) is 30.0 Å². The Morgan fingerprint density at radius 3 is 2.52 bits per heavy atom. The zero-order valence-corrected chi connectivity index (χ0v) is 18.9. The van der Waals surface area contributed by atoms with Crippen LogP contribution in [0.1, 0.15) is 41.0 Å². The summed E-state index contributed by atoms with van der Waals surface area (Å²) in [5.41, 5.74) is 4.00. The minimum absolute atomic E-state index is 0.0893. The minimum atomic E-state index is -0.838. The summed E-state index contributed by atoms with van der Waals surface area (Å²) in [6.45, 7) is 4.28. The van der Waals surface area contributed by atoms with E-state index in [1.165, 1.54) is 10.1 Å². The number of aryl methyl sites for hydroxylation is 2. The summed E-state index contributed by atoms with van der Waals surface area (Å²) in [6.07, 6.45) is 1.63.